The Bertz CT molecular complexity index is 869. The summed E-state index contributed by atoms with van der Waals surface area (Å²) < 4.78 is 20.6. The Hall–Kier alpha value is -2.67. The molecule has 0 aliphatic rings. The Labute approximate surface area is 162 Å². The Kier molecular flexibility index (Phi) is 6.59. The summed E-state index contributed by atoms with van der Waals surface area (Å²) in [7, 11) is 0. The molecule has 0 saturated heterocycles. The van der Waals surface area contributed by atoms with Gasteiger partial charge in [-0.25, -0.2) is 9.07 Å². The fourth-order valence-corrected chi connectivity index (χ4v) is 2.70. The minimum Gasteiger partial charge on any atom is -0.489 e. The normalized spacial score (nSPS) is 10.8. The number of benzene rings is 2. The molecule has 8 heteroatoms. The molecule has 6 nitrogen and oxygen atoms in total. The molecule has 0 saturated carbocycles. The quantitative estimate of drug-likeness (QED) is 0.585. The minimum atomic E-state index is -0.360. The van der Waals surface area contributed by atoms with Gasteiger partial charge in [0.2, 0.25) is 5.95 Å². The Morgan fingerprint density at radius 3 is 2.74 bits per heavy atom. The predicted octanol–water partition coefficient (Wildman–Crippen LogP) is 4.46. The van der Waals surface area contributed by atoms with Crippen LogP contribution >= 0.6 is 11.6 Å². The number of aromatic nitrogens is 4. The van der Waals surface area contributed by atoms with Crippen LogP contribution in [0.25, 0.3) is 0 Å². The Morgan fingerprint density at radius 1 is 1.19 bits per heavy atom. The zero-order chi connectivity index (χ0) is 19.1. The molecule has 27 heavy (non-hydrogen) atoms. The van der Waals surface area contributed by atoms with Crippen LogP contribution in [0.4, 0.5) is 10.3 Å². The number of tetrazole rings is 1. The molecular formula is C19H21ClFN5O. The zero-order valence-electron chi connectivity index (χ0n) is 15.0. The maximum absolute atomic E-state index is 13.1. The summed E-state index contributed by atoms with van der Waals surface area (Å²) in [5.74, 6) is 1.02. The fourth-order valence-electron chi connectivity index (χ4n) is 2.47. The van der Waals surface area contributed by atoms with Crippen LogP contribution < -0.4 is 10.1 Å². The molecule has 3 aromatic rings. The van der Waals surface area contributed by atoms with E-state index in [0.717, 1.165) is 30.5 Å². The monoisotopic (exact) mass is 389 g/mol. The van der Waals surface area contributed by atoms with Crippen LogP contribution in [0.3, 0.4) is 0 Å². The van der Waals surface area contributed by atoms with E-state index in [4.69, 9.17) is 16.3 Å². The lowest BCUT2D eigenvalue weighted by molar-refractivity contribution is 0.306. The molecule has 0 amide bonds. The number of hydrogen-bond acceptors (Lipinski definition) is 5. The number of halogens is 2. The number of hydrogen-bond donors (Lipinski definition) is 1. The molecule has 0 aliphatic carbocycles. The lowest BCUT2D eigenvalue weighted by Crippen LogP contribution is -2.09. The number of rotatable bonds is 9. The van der Waals surface area contributed by atoms with Crippen LogP contribution in [0, 0.1) is 5.82 Å². The lowest BCUT2D eigenvalue weighted by Gasteiger charge is -2.10. The van der Waals surface area contributed by atoms with Gasteiger partial charge in [0.1, 0.15) is 18.2 Å². The highest BCUT2D eigenvalue weighted by atomic mass is 35.5. The second-order valence-corrected chi connectivity index (χ2v) is 6.51. The molecule has 0 unspecified atom stereocenters. The third kappa shape index (κ3) is 5.40. The van der Waals surface area contributed by atoms with E-state index in [1.807, 2.05) is 24.3 Å². The van der Waals surface area contributed by atoms with Gasteiger partial charge < -0.3 is 10.1 Å². The van der Waals surface area contributed by atoms with Gasteiger partial charge in [0.25, 0.3) is 0 Å². The Balaban J connectivity index is 1.52. The van der Waals surface area contributed by atoms with Crippen molar-refractivity contribution < 1.29 is 9.13 Å². The summed E-state index contributed by atoms with van der Waals surface area (Å²) in [6.45, 7) is 3.81. The van der Waals surface area contributed by atoms with E-state index in [2.05, 4.69) is 27.8 Å². The highest BCUT2D eigenvalue weighted by Gasteiger charge is 2.06. The van der Waals surface area contributed by atoms with Gasteiger partial charge in [0.15, 0.2) is 0 Å². The summed E-state index contributed by atoms with van der Waals surface area (Å²) in [4.78, 5) is 0. The van der Waals surface area contributed by atoms with E-state index in [1.165, 1.54) is 12.1 Å². The van der Waals surface area contributed by atoms with Crippen LogP contribution in [0.15, 0.2) is 42.5 Å². The first-order chi connectivity index (χ1) is 13.2. The van der Waals surface area contributed by atoms with Crippen molar-refractivity contribution in [2.24, 2.45) is 0 Å². The number of aryl methyl sites for hydroxylation is 1. The number of nitrogens with one attached hydrogen (secondary N) is 1. The molecule has 1 aromatic heterocycles. The molecule has 1 N–H and O–H groups in total. The molecule has 0 fully saturated rings. The number of ether oxygens (including phenoxy) is 1. The van der Waals surface area contributed by atoms with Crippen molar-refractivity contribution in [2.45, 2.75) is 39.5 Å². The fraction of sp³-hybridized carbons (Fsp3) is 0.316. The van der Waals surface area contributed by atoms with Gasteiger partial charge in [-0.3, -0.25) is 0 Å². The van der Waals surface area contributed by atoms with Gasteiger partial charge in [-0.1, -0.05) is 48.2 Å². The van der Waals surface area contributed by atoms with Crippen LogP contribution in [0.5, 0.6) is 5.75 Å². The van der Waals surface area contributed by atoms with Crippen molar-refractivity contribution in [3.63, 3.8) is 0 Å². The molecule has 142 valence electrons. The summed E-state index contributed by atoms with van der Waals surface area (Å²) >= 11 is 6.01. The molecular weight excluding hydrogens is 369 g/mol. The third-order valence-electron chi connectivity index (χ3n) is 4.04. The lowest BCUT2D eigenvalue weighted by atomic mass is 10.2. The second-order valence-electron chi connectivity index (χ2n) is 6.10. The molecule has 0 bridgehead atoms. The summed E-state index contributed by atoms with van der Waals surface area (Å²) in [5.41, 5.74) is 1.81. The molecule has 0 radical (unpaired) electrons. The van der Waals surface area contributed by atoms with Crippen LogP contribution in [-0.4, -0.2) is 20.2 Å². The Morgan fingerprint density at radius 2 is 2.00 bits per heavy atom. The van der Waals surface area contributed by atoms with E-state index in [0.29, 0.717) is 23.3 Å². The van der Waals surface area contributed by atoms with Crippen LogP contribution in [0.1, 0.15) is 30.9 Å². The number of anilines is 1. The first-order valence-electron chi connectivity index (χ1n) is 8.81. The van der Waals surface area contributed by atoms with Crippen molar-refractivity contribution in [1.82, 2.24) is 20.2 Å². The second kappa shape index (κ2) is 9.32. The van der Waals surface area contributed by atoms with Crippen molar-refractivity contribution >= 4 is 17.5 Å². The maximum Gasteiger partial charge on any atom is 0.243 e. The van der Waals surface area contributed by atoms with Gasteiger partial charge in [-0.2, -0.15) is 0 Å². The minimum absolute atomic E-state index is 0.281. The average Bonchev–Trinajstić information content (AvgIpc) is 3.12. The molecule has 0 spiro atoms. The molecule has 2 aromatic carbocycles. The van der Waals surface area contributed by atoms with Crippen LogP contribution in [-0.2, 0) is 19.7 Å². The predicted molar refractivity (Wildman–Crippen MR) is 102 cm³/mol. The van der Waals surface area contributed by atoms with Gasteiger partial charge in [-0.05, 0) is 46.7 Å². The van der Waals surface area contributed by atoms with Crippen molar-refractivity contribution in [2.75, 3.05) is 5.32 Å². The van der Waals surface area contributed by atoms with Crippen molar-refractivity contribution in [3.8, 4) is 5.75 Å². The van der Waals surface area contributed by atoms with Gasteiger partial charge in [0, 0.05) is 18.7 Å². The maximum atomic E-state index is 13.1. The summed E-state index contributed by atoms with van der Waals surface area (Å²) in [6, 6.07) is 12.0. The van der Waals surface area contributed by atoms with Gasteiger partial charge >= 0.3 is 0 Å². The molecule has 0 atom stereocenters. The van der Waals surface area contributed by atoms with Crippen molar-refractivity contribution in [1.29, 1.82) is 0 Å². The standard InChI is InChI=1S/C19H21ClFN5O/c1-2-3-10-26-19(23-24-25-26)22-12-14-4-8-17(9-5-14)27-13-15-6-7-16(21)11-18(15)20/h4-9,11H,2-3,10,12-13H2,1H3,(H,22,23,25). The first kappa shape index (κ1) is 19.1. The van der Waals surface area contributed by atoms with E-state index < -0.39 is 0 Å². The van der Waals surface area contributed by atoms with E-state index in [9.17, 15) is 4.39 Å². The molecule has 0 aliphatic heterocycles. The number of unbranched alkanes of at least 4 members (excludes halogenated alkanes) is 1. The highest BCUT2D eigenvalue weighted by Crippen LogP contribution is 2.20. The number of nitrogens with zero attached hydrogens (tertiary/aromatic N) is 4. The topological polar surface area (TPSA) is 64.9 Å². The van der Waals surface area contributed by atoms with E-state index in [-0.39, 0.29) is 12.4 Å². The first-order valence-corrected chi connectivity index (χ1v) is 9.19. The molecule has 1 heterocycles. The van der Waals surface area contributed by atoms with Crippen molar-refractivity contribution in [3.05, 3.63) is 64.4 Å². The van der Waals surface area contributed by atoms with Crippen LogP contribution in [0.2, 0.25) is 5.02 Å². The molecule has 3 rings (SSSR count). The third-order valence-corrected chi connectivity index (χ3v) is 4.39. The SMILES string of the molecule is CCCCn1nnnc1NCc1ccc(OCc2ccc(F)cc2Cl)cc1. The highest BCUT2D eigenvalue weighted by molar-refractivity contribution is 6.31. The largest absolute Gasteiger partial charge is 0.489 e. The zero-order valence-corrected chi connectivity index (χ0v) is 15.8. The van der Waals surface area contributed by atoms with E-state index in [1.54, 1.807) is 10.7 Å². The van der Waals surface area contributed by atoms with Gasteiger partial charge in [0.05, 0.1) is 5.02 Å². The smallest absolute Gasteiger partial charge is 0.243 e. The summed E-state index contributed by atoms with van der Waals surface area (Å²) in [6.07, 6.45) is 2.12. The van der Waals surface area contributed by atoms with E-state index >= 15 is 0 Å². The summed E-state index contributed by atoms with van der Waals surface area (Å²) in [5, 5.41) is 15.3. The van der Waals surface area contributed by atoms with Gasteiger partial charge in [-0.15, -0.1) is 0 Å². The average molecular weight is 390 g/mol.